The quantitative estimate of drug-likeness (QED) is 0.429. The average Bonchev–Trinajstić information content (AvgIpc) is 2.47. The Hall–Kier alpha value is -0.870. The summed E-state index contributed by atoms with van der Waals surface area (Å²) in [5, 5.41) is 7.49. The van der Waals surface area contributed by atoms with Crippen molar-refractivity contribution in [2.45, 2.75) is 32.7 Å². The Kier molecular flexibility index (Phi) is 9.35. The Bertz CT molecular complexity index is 420. The van der Waals surface area contributed by atoms with E-state index >= 15 is 0 Å². The normalized spacial score (nSPS) is 13.0. The van der Waals surface area contributed by atoms with Crippen LogP contribution in [0.4, 0.5) is 0 Å². The second kappa shape index (κ2) is 10.8. The highest BCUT2D eigenvalue weighted by atomic mass is 35.5. The molecule has 1 unspecified atom stereocenters. The van der Waals surface area contributed by atoms with Gasteiger partial charge in [0.1, 0.15) is 0 Å². The molecule has 0 heterocycles. The fourth-order valence-corrected chi connectivity index (χ4v) is 2.53. The molecule has 1 atom stereocenters. The summed E-state index contributed by atoms with van der Waals surface area (Å²) >= 11 is 7.81. The largest absolute Gasteiger partial charge is 0.357 e. The highest BCUT2D eigenvalue weighted by Gasteiger charge is 2.07. The van der Waals surface area contributed by atoms with E-state index in [-0.39, 0.29) is 6.04 Å². The summed E-state index contributed by atoms with van der Waals surface area (Å²) in [4.78, 5) is 4.63. The average molecular weight is 328 g/mol. The van der Waals surface area contributed by atoms with Crippen molar-refractivity contribution in [3.8, 4) is 0 Å². The van der Waals surface area contributed by atoms with Crippen molar-refractivity contribution in [3.63, 3.8) is 0 Å². The van der Waals surface area contributed by atoms with Gasteiger partial charge in [0.05, 0.1) is 6.04 Å². The van der Waals surface area contributed by atoms with Gasteiger partial charge in [0.2, 0.25) is 0 Å². The van der Waals surface area contributed by atoms with Crippen molar-refractivity contribution in [1.29, 1.82) is 0 Å². The third kappa shape index (κ3) is 7.63. The van der Waals surface area contributed by atoms with E-state index in [9.17, 15) is 0 Å². The fraction of sp³-hybridized carbons (Fsp3) is 0.562. The van der Waals surface area contributed by atoms with Gasteiger partial charge in [0.25, 0.3) is 0 Å². The molecule has 0 aromatic heterocycles. The number of hydrogen-bond donors (Lipinski definition) is 2. The van der Waals surface area contributed by atoms with Crippen LogP contribution < -0.4 is 10.6 Å². The Morgan fingerprint density at radius 3 is 2.62 bits per heavy atom. The maximum Gasteiger partial charge on any atom is 0.191 e. The van der Waals surface area contributed by atoms with Crippen molar-refractivity contribution in [3.05, 3.63) is 34.9 Å². The van der Waals surface area contributed by atoms with Gasteiger partial charge in [-0.25, -0.2) is 0 Å². The molecule has 1 aromatic carbocycles. The third-order valence-corrected chi connectivity index (χ3v) is 4.04. The van der Waals surface area contributed by atoms with E-state index in [2.05, 4.69) is 35.7 Å². The zero-order valence-corrected chi connectivity index (χ0v) is 14.7. The third-order valence-electron chi connectivity index (χ3n) is 3.09. The number of halogens is 1. The summed E-state index contributed by atoms with van der Waals surface area (Å²) < 4.78 is 0. The minimum atomic E-state index is 0.200. The minimum Gasteiger partial charge on any atom is -0.357 e. The Morgan fingerprint density at radius 1 is 1.29 bits per heavy atom. The summed E-state index contributed by atoms with van der Waals surface area (Å²) in [7, 11) is 0. The number of benzene rings is 1. The van der Waals surface area contributed by atoms with Crippen LogP contribution in [0.2, 0.25) is 5.02 Å². The molecular formula is C16H26ClN3S. The van der Waals surface area contributed by atoms with Crippen LogP contribution in [0.3, 0.4) is 0 Å². The molecule has 1 rings (SSSR count). The number of nitrogens with one attached hydrogen (secondary N) is 2. The van der Waals surface area contributed by atoms with E-state index in [0.29, 0.717) is 0 Å². The predicted octanol–water partition coefficient (Wildman–Crippen LogP) is 4.10. The minimum absolute atomic E-state index is 0.200. The molecule has 21 heavy (non-hydrogen) atoms. The molecule has 1 aromatic rings. The van der Waals surface area contributed by atoms with Crippen LogP contribution in [-0.4, -0.2) is 31.1 Å². The summed E-state index contributed by atoms with van der Waals surface area (Å²) in [5.74, 6) is 2.09. The molecule has 3 nitrogen and oxygen atoms in total. The molecule has 118 valence electrons. The van der Waals surface area contributed by atoms with Crippen molar-refractivity contribution >= 4 is 29.3 Å². The van der Waals surface area contributed by atoms with E-state index in [1.807, 2.05) is 36.0 Å². The number of nitrogens with zero attached hydrogens (tertiary/aromatic N) is 1. The first-order valence-electron chi connectivity index (χ1n) is 7.46. The number of thioether (sulfide) groups is 1. The van der Waals surface area contributed by atoms with Crippen molar-refractivity contribution < 1.29 is 0 Å². The highest BCUT2D eigenvalue weighted by molar-refractivity contribution is 7.98. The van der Waals surface area contributed by atoms with Gasteiger partial charge in [-0.2, -0.15) is 11.8 Å². The number of rotatable bonds is 8. The molecule has 0 radical (unpaired) electrons. The molecule has 0 spiro atoms. The summed E-state index contributed by atoms with van der Waals surface area (Å²) in [5.41, 5.74) is 1.20. The van der Waals surface area contributed by atoms with E-state index in [1.165, 1.54) is 17.7 Å². The zero-order valence-electron chi connectivity index (χ0n) is 13.2. The van der Waals surface area contributed by atoms with Gasteiger partial charge in [0, 0.05) is 18.1 Å². The lowest BCUT2D eigenvalue weighted by atomic mass is 10.1. The van der Waals surface area contributed by atoms with Gasteiger partial charge in [-0.05, 0) is 56.4 Å². The predicted molar refractivity (Wildman–Crippen MR) is 96.6 cm³/mol. The van der Waals surface area contributed by atoms with Gasteiger partial charge in [-0.3, -0.25) is 4.99 Å². The lowest BCUT2D eigenvalue weighted by Crippen LogP contribution is -2.38. The molecular weight excluding hydrogens is 302 g/mol. The second-order valence-corrected chi connectivity index (χ2v) is 6.30. The number of guanidine groups is 1. The van der Waals surface area contributed by atoms with Gasteiger partial charge in [-0.1, -0.05) is 23.7 Å². The van der Waals surface area contributed by atoms with Gasteiger partial charge in [0.15, 0.2) is 5.96 Å². The maximum atomic E-state index is 5.92. The Balaban J connectivity index is 2.52. The molecule has 0 saturated carbocycles. The van der Waals surface area contributed by atoms with Crippen LogP contribution in [0.5, 0.6) is 0 Å². The molecule has 0 bridgehead atoms. The fourth-order valence-electron chi connectivity index (χ4n) is 1.91. The van der Waals surface area contributed by atoms with Gasteiger partial charge in [-0.15, -0.1) is 0 Å². The standard InChI is InChI=1S/C16H26ClN3S/c1-4-18-16(19-11-5-6-12-21-3)20-13(2)14-7-9-15(17)10-8-14/h7-10,13H,4-6,11-12H2,1-3H3,(H2,18,19,20). The highest BCUT2D eigenvalue weighted by Crippen LogP contribution is 2.15. The Morgan fingerprint density at radius 2 is 2.00 bits per heavy atom. The second-order valence-electron chi connectivity index (χ2n) is 4.88. The molecule has 0 aliphatic carbocycles. The number of unbranched alkanes of at least 4 members (excludes halogenated alkanes) is 1. The monoisotopic (exact) mass is 327 g/mol. The van der Waals surface area contributed by atoms with Gasteiger partial charge >= 0.3 is 0 Å². The number of hydrogen-bond acceptors (Lipinski definition) is 2. The van der Waals surface area contributed by atoms with E-state index in [4.69, 9.17) is 11.6 Å². The zero-order chi connectivity index (χ0) is 15.5. The lowest BCUT2D eigenvalue weighted by molar-refractivity contribution is 0.682. The lowest BCUT2D eigenvalue weighted by Gasteiger charge is -2.18. The topological polar surface area (TPSA) is 36.4 Å². The Labute approximate surface area is 138 Å². The van der Waals surface area contributed by atoms with Gasteiger partial charge < -0.3 is 10.6 Å². The molecule has 0 aliphatic heterocycles. The van der Waals surface area contributed by atoms with Crippen LogP contribution in [0, 0.1) is 0 Å². The van der Waals surface area contributed by atoms with Crippen LogP contribution >= 0.6 is 23.4 Å². The smallest absolute Gasteiger partial charge is 0.191 e. The van der Waals surface area contributed by atoms with Crippen LogP contribution in [0.15, 0.2) is 29.3 Å². The molecule has 0 aliphatic rings. The molecule has 5 heteroatoms. The first-order valence-corrected chi connectivity index (χ1v) is 9.23. The summed E-state index contributed by atoms with van der Waals surface area (Å²) in [6.07, 6.45) is 4.49. The van der Waals surface area contributed by atoms with Crippen molar-refractivity contribution in [2.24, 2.45) is 4.99 Å². The molecule has 0 saturated heterocycles. The molecule has 2 N–H and O–H groups in total. The number of aliphatic imine (C=N–C) groups is 1. The van der Waals surface area contributed by atoms with Crippen LogP contribution in [-0.2, 0) is 0 Å². The van der Waals surface area contributed by atoms with Crippen molar-refractivity contribution in [1.82, 2.24) is 10.6 Å². The SMILES string of the molecule is CCNC(=NCCCCSC)NC(C)c1ccc(Cl)cc1. The summed E-state index contributed by atoms with van der Waals surface area (Å²) in [6, 6.07) is 8.12. The van der Waals surface area contributed by atoms with E-state index in [0.717, 1.165) is 30.5 Å². The van der Waals surface area contributed by atoms with E-state index < -0.39 is 0 Å². The first-order chi connectivity index (χ1) is 10.2. The maximum absolute atomic E-state index is 5.92. The van der Waals surface area contributed by atoms with Crippen LogP contribution in [0.25, 0.3) is 0 Å². The molecule has 0 fully saturated rings. The summed E-state index contributed by atoms with van der Waals surface area (Å²) in [6.45, 7) is 5.94. The van der Waals surface area contributed by atoms with E-state index in [1.54, 1.807) is 0 Å². The van der Waals surface area contributed by atoms with Crippen LogP contribution in [0.1, 0.15) is 38.3 Å². The van der Waals surface area contributed by atoms with Crippen molar-refractivity contribution in [2.75, 3.05) is 25.1 Å². The molecule has 0 amide bonds. The first kappa shape index (κ1) is 18.2.